The van der Waals surface area contributed by atoms with Crippen molar-refractivity contribution < 1.29 is 13.9 Å². The predicted octanol–water partition coefficient (Wildman–Crippen LogP) is 2.49. The lowest BCUT2D eigenvalue weighted by molar-refractivity contribution is 0.0204. The van der Waals surface area contributed by atoms with Crippen molar-refractivity contribution in [3.8, 4) is 0 Å². The SMILES string of the molecule is CC(CNC(=O)c1cc2c(F)cccc2s1)N1CCOCC1. The van der Waals surface area contributed by atoms with Crippen LogP contribution in [0.1, 0.15) is 16.6 Å². The number of thiophene rings is 1. The molecule has 1 atom stereocenters. The molecule has 4 nitrogen and oxygen atoms in total. The summed E-state index contributed by atoms with van der Waals surface area (Å²) in [7, 11) is 0. The standard InChI is InChI=1S/C16H19FN2O2S/c1-11(19-5-7-21-8-6-19)10-18-16(20)15-9-12-13(17)3-2-4-14(12)22-15/h2-4,9,11H,5-8,10H2,1H3,(H,18,20). The van der Waals surface area contributed by atoms with E-state index in [0.29, 0.717) is 16.8 Å². The highest BCUT2D eigenvalue weighted by atomic mass is 32.1. The van der Waals surface area contributed by atoms with Crippen LogP contribution in [-0.2, 0) is 4.74 Å². The lowest BCUT2D eigenvalue weighted by Crippen LogP contribution is -2.47. The Labute approximate surface area is 132 Å². The fourth-order valence-corrected chi connectivity index (χ4v) is 3.60. The second kappa shape index (κ2) is 6.73. The van der Waals surface area contributed by atoms with Crippen molar-refractivity contribution in [2.75, 3.05) is 32.8 Å². The predicted molar refractivity (Wildman–Crippen MR) is 86.0 cm³/mol. The van der Waals surface area contributed by atoms with E-state index in [1.165, 1.54) is 17.4 Å². The van der Waals surface area contributed by atoms with Gasteiger partial charge in [0.25, 0.3) is 5.91 Å². The summed E-state index contributed by atoms with van der Waals surface area (Å²) in [6, 6.07) is 6.80. The maximum Gasteiger partial charge on any atom is 0.261 e. The Bertz CT molecular complexity index is 667. The first-order chi connectivity index (χ1) is 10.6. The Kier molecular flexibility index (Phi) is 4.71. The molecule has 0 bridgehead atoms. The van der Waals surface area contributed by atoms with Crippen molar-refractivity contribution in [2.24, 2.45) is 0 Å². The van der Waals surface area contributed by atoms with Gasteiger partial charge in [-0.05, 0) is 25.1 Å². The summed E-state index contributed by atoms with van der Waals surface area (Å²) in [6.07, 6.45) is 0. The Morgan fingerprint density at radius 1 is 1.45 bits per heavy atom. The molecule has 1 unspecified atom stereocenters. The zero-order valence-electron chi connectivity index (χ0n) is 12.5. The zero-order chi connectivity index (χ0) is 15.5. The molecule has 6 heteroatoms. The van der Waals surface area contributed by atoms with E-state index in [9.17, 15) is 9.18 Å². The Morgan fingerprint density at radius 2 is 2.23 bits per heavy atom. The van der Waals surface area contributed by atoms with E-state index < -0.39 is 0 Å². The molecule has 118 valence electrons. The van der Waals surface area contributed by atoms with Crippen LogP contribution in [0.15, 0.2) is 24.3 Å². The van der Waals surface area contributed by atoms with Crippen LogP contribution in [-0.4, -0.2) is 49.7 Å². The van der Waals surface area contributed by atoms with Gasteiger partial charge < -0.3 is 10.1 Å². The number of benzene rings is 1. The van der Waals surface area contributed by atoms with Gasteiger partial charge in [0.15, 0.2) is 0 Å². The van der Waals surface area contributed by atoms with Crippen LogP contribution in [0.5, 0.6) is 0 Å². The summed E-state index contributed by atoms with van der Waals surface area (Å²) >= 11 is 1.32. The first kappa shape index (κ1) is 15.4. The average molecular weight is 322 g/mol. The molecule has 0 radical (unpaired) electrons. The smallest absolute Gasteiger partial charge is 0.261 e. The molecular weight excluding hydrogens is 303 g/mol. The molecule has 1 aliphatic rings. The Balaban J connectivity index is 1.62. The number of hydrogen-bond acceptors (Lipinski definition) is 4. The fraction of sp³-hybridized carbons (Fsp3) is 0.438. The minimum absolute atomic E-state index is 0.138. The number of ether oxygens (including phenoxy) is 1. The number of nitrogens with zero attached hydrogens (tertiary/aromatic N) is 1. The van der Waals surface area contributed by atoms with Crippen LogP contribution in [0, 0.1) is 5.82 Å². The number of carbonyl (C=O) groups is 1. The summed E-state index contributed by atoms with van der Waals surface area (Å²) in [5.74, 6) is -0.421. The number of carbonyl (C=O) groups excluding carboxylic acids is 1. The van der Waals surface area contributed by atoms with E-state index in [4.69, 9.17) is 4.74 Å². The van der Waals surface area contributed by atoms with E-state index in [-0.39, 0.29) is 17.8 Å². The second-order valence-corrected chi connectivity index (χ2v) is 6.55. The molecule has 1 aromatic heterocycles. The molecule has 0 saturated carbocycles. The van der Waals surface area contributed by atoms with Gasteiger partial charge in [-0.1, -0.05) is 6.07 Å². The van der Waals surface area contributed by atoms with Crippen molar-refractivity contribution in [1.82, 2.24) is 10.2 Å². The highest BCUT2D eigenvalue weighted by molar-refractivity contribution is 7.20. The molecule has 1 saturated heterocycles. The van der Waals surface area contributed by atoms with Crippen molar-refractivity contribution in [1.29, 1.82) is 0 Å². The molecule has 1 N–H and O–H groups in total. The van der Waals surface area contributed by atoms with Gasteiger partial charge in [0.1, 0.15) is 5.82 Å². The number of rotatable bonds is 4. The minimum atomic E-state index is -0.283. The number of halogens is 1. The average Bonchev–Trinajstić information content (AvgIpc) is 2.99. The van der Waals surface area contributed by atoms with E-state index in [1.807, 2.05) is 6.07 Å². The largest absolute Gasteiger partial charge is 0.379 e. The second-order valence-electron chi connectivity index (χ2n) is 5.47. The summed E-state index contributed by atoms with van der Waals surface area (Å²) in [6.45, 7) is 5.95. The third-order valence-corrected chi connectivity index (χ3v) is 5.06. The lowest BCUT2D eigenvalue weighted by atomic mass is 10.2. The summed E-state index contributed by atoms with van der Waals surface area (Å²) in [4.78, 5) is 15.1. The molecule has 22 heavy (non-hydrogen) atoms. The van der Waals surface area contributed by atoms with Crippen molar-refractivity contribution in [3.05, 3.63) is 35.0 Å². The topological polar surface area (TPSA) is 41.6 Å². The lowest BCUT2D eigenvalue weighted by Gasteiger charge is -2.32. The zero-order valence-corrected chi connectivity index (χ0v) is 13.3. The monoisotopic (exact) mass is 322 g/mol. The minimum Gasteiger partial charge on any atom is -0.379 e. The third kappa shape index (κ3) is 3.29. The quantitative estimate of drug-likeness (QED) is 0.940. The molecule has 1 fully saturated rings. The molecule has 0 aliphatic carbocycles. The van der Waals surface area contributed by atoms with Crippen molar-refractivity contribution in [3.63, 3.8) is 0 Å². The van der Waals surface area contributed by atoms with Crippen LogP contribution >= 0.6 is 11.3 Å². The van der Waals surface area contributed by atoms with E-state index in [0.717, 1.165) is 31.0 Å². The van der Waals surface area contributed by atoms with Gasteiger partial charge in [-0.3, -0.25) is 9.69 Å². The Morgan fingerprint density at radius 3 is 2.95 bits per heavy atom. The number of hydrogen-bond donors (Lipinski definition) is 1. The molecule has 1 aliphatic heterocycles. The summed E-state index contributed by atoms with van der Waals surface area (Å²) in [5.41, 5.74) is 0. The fourth-order valence-electron chi connectivity index (χ4n) is 2.61. The first-order valence-electron chi connectivity index (χ1n) is 7.43. The van der Waals surface area contributed by atoms with Gasteiger partial charge >= 0.3 is 0 Å². The summed E-state index contributed by atoms with van der Waals surface area (Å²) in [5, 5.41) is 3.46. The van der Waals surface area contributed by atoms with Gasteiger partial charge in [0.2, 0.25) is 0 Å². The van der Waals surface area contributed by atoms with Crippen LogP contribution in [0.2, 0.25) is 0 Å². The van der Waals surface area contributed by atoms with Crippen LogP contribution in [0.4, 0.5) is 4.39 Å². The highest BCUT2D eigenvalue weighted by Crippen LogP contribution is 2.27. The molecule has 1 aromatic carbocycles. The van der Waals surface area contributed by atoms with E-state index in [1.54, 1.807) is 12.1 Å². The van der Waals surface area contributed by atoms with Gasteiger partial charge in [0.05, 0.1) is 18.1 Å². The van der Waals surface area contributed by atoms with E-state index in [2.05, 4.69) is 17.1 Å². The third-order valence-electron chi connectivity index (χ3n) is 3.96. The molecule has 2 aromatic rings. The Hall–Kier alpha value is -1.50. The normalized spacial score (nSPS) is 17.5. The highest BCUT2D eigenvalue weighted by Gasteiger charge is 2.18. The number of fused-ring (bicyclic) bond motifs is 1. The van der Waals surface area contributed by atoms with Crippen LogP contribution in [0.25, 0.3) is 10.1 Å². The van der Waals surface area contributed by atoms with Gasteiger partial charge in [0, 0.05) is 35.8 Å². The number of nitrogens with one attached hydrogen (secondary N) is 1. The van der Waals surface area contributed by atoms with Gasteiger partial charge in [-0.2, -0.15) is 0 Å². The summed E-state index contributed by atoms with van der Waals surface area (Å²) < 4.78 is 19.8. The van der Waals surface area contributed by atoms with Crippen molar-refractivity contribution in [2.45, 2.75) is 13.0 Å². The van der Waals surface area contributed by atoms with Crippen LogP contribution < -0.4 is 5.32 Å². The van der Waals surface area contributed by atoms with Gasteiger partial charge in [-0.25, -0.2) is 4.39 Å². The number of amides is 1. The molecule has 3 rings (SSSR count). The number of morpholine rings is 1. The van der Waals surface area contributed by atoms with E-state index >= 15 is 0 Å². The molecule has 2 heterocycles. The maximum atomic E-state index is 13.7. The van der Waals surface area contributed by atoms with Crippen molar-refractivity contribution >= 4 is 27.3 Å². The molecule has 0 spiro atoms. The maximum absolute atomic E-state index is 13.7. The molecule has 1 amide bonds. The molecular formula is C16H19FN2O2S. The first-order valence-corrected chi connectivity index (χ1v) is 8.25. The van der Waals surface area contributed by atoms with Gasteiger partial charge in [-0.15, -0.1) is 11.3 Å². The van der Waals surface area contributed by atoms with Crippen LogP contribution in [0.3, 0.4) is 0 Å².